The molecule has 3 aromatic rings. The quantitative estimate of drug-likeness (QED) is 0.486. The van der Waals surface area contributed by atoms with Crippen molar-refractivity contribution in [3.63, 3.8) is 0 Å². The number of rotatable bonds is 6. The average Bonchev–Trinajstić information content (AvgIpc) is 3.59. The topological polar surface area (TPSA) is 121 Å². The third-order valence-electron chi connectivity index (χ3n) is 8.37. The number of carbonyl (C=O) groups excluding carboxylic acids is 1. The number of nitriles is 1. The Morgan fingerprint density at radius 2 is 1.80 bits per heavy atom. The first-order valence-corrected chi connectivity index (χ1v) is 15.6. The van der Waals surface area contributed by atoms with Crippen LogP contribution in [0.2, 0.25) is 0 Å². The van der Waals surface area contributed by atoms with Crippen LogP contribution < -0.4 is 10.2 Å². The normalized spacial score (nSPS) is 23.2. The number of pyridine rings is 1. The zero-order chi connectivity index (χ0) is 27.9. The monoisotopic (exact) mass is 562 g/mol. The van der Waals surface area contributed by atoms with E-state index in [-0.39, 0.29) is 29.2 Å². The van der Waals surface area contributed by atoms with E-state index in [0.717, 1.165) is 48.0 Å². The summed E-state index contributed by atoms with van der Waals surface area (Å²) in [5.74, 6) is -0.760. The minimum atomic E-state index is -2.98. The predicted molar refractivity (Wildman–Crippen MR) is 148 cm³/mol. The number of hydrogen-bond acceptors (Lipinski definition) is 7. The number of nitrogens with zero attached hydrogens (tertiary/aromatic N) is 5. The van der Waals surface area contributed by atoms with E-state index in [4.69, 9.17) is 5.10 Å². The number of nitrogens with one attached hydrogen (secondary N) is 1. The van der Waals surface area contributed by atoms with Crippen molar-refractivity contribution in [3.05, 3.63) is 60.4 Å². The minimum Gasteiger partial charge on any atom is -0.369 e. The summed E-state index contributed by atoms with van der Waals surface area (Å²) in [6.45, 7) is 0.918. The molecule has 11 heteroatoms. The van der Waals surface area contributed by atoms with Gasteiger partial charge in [-0.1, -0.05) is 25.0 Å². The van der Waals surface area contributed by atoms with Gasteiger partial charge in [0.15, 0.2) is 9.84 Å². The van der Waals surface area contributed by atoms with Gasteiger partial charge < -0.3 is 10.2 Å². The van der Waals surface area contributed by atoms with Gasteiger partial charge >= 0.3 is 0 Å². The second-order valence-electron chi connectivity index (χ2n) is 11.1. The van der Waals surface area contributed by atoms with E-state index in [1.165, 1.54) is 6.07 Å². The molecule has 1 N–H and O–H groups in total. The Kier molecular flexibility index (Phi) is 6.82. The van der Waals surface area contributed by atoms with Crippen LogP contribution in [0.5, 0.6) is 0 Å². The molecule has 1 amide bonds. The summed E-state index contributed by atoms with van der Waals surface area (Å²) in [5, 5.41) is 17.4. The summed E-state index contributed by atoms with van der Waals surface area (Å²) in [7, 11) is -2.98. The molecule has 1 aromatic carbocycles. The summed E-state index contributed by atoms with van der Waals surface area (Å²) in [6, 6.07) is 11.6. The van der Waals surface area contributed by atoms with Crippen LogP contribution in [0.15, 0.2) is 48.9 Å². The van der Waals surface area contributed by atoms with Crippen LogP contribution in [0.1, 0.15) is 50.1 Å². The Balaban J connectivity index is 1.35. The van der Waals surface area contributed by atoms with Gasteiger partial charge in [-0.2, -0.15) is 10.4 Å². The number of halogens is 1. The number of carbonyl (C=O) groups is 1. The van der Waals surface area contributed by atoms with Crippen LogP contribution in [0.3, 0.4) is 0 Å². The molecule has 0 bridgehead atoms. The summed E-state index contributed by atoms with van der Waals surface area (Å²) in [4.78, 5) is 19.5. The lowest BCUT2D eigenvalue weighted by Crippen LogP contribution is -2.42. The van der Waals surface area contributed by atoms with Crippen LogP contribution in [0.4, 0.5) is 10.1 Å². The Morgan fingerprint density at radius 1 is 1.07 bits per heavy atom. The smallest absolute Gasteiger partial charge is 0.225 e. The second-order valence-corrected chi connectivity index (χ2v) is 13.4. The van der Waals surface area contributed by atoms with Gasteiger partial charge in [0.25, 0.3) is 0 Å². The van der Waals surface area contributed by atoms with E-state index in [9.17, 15) is 22.9 Å². The number of sulfone groups is 1. The highest BCUT2D eigenvalue weighted by atomic mass is 32.2. The lowest BCUT2D eigenvalue weighted by molar-refractivity contribution is -0.127. The third kappa shape index (κ3) is 5.32. The largest absolute Gasteiger partial charge is 0.369 e. The SMILES string of the molecule is N#CC1(NC(=O)C2CCCCC2c2nn(-c3cncc(F)c3)cc2-c2ccc(N3CCS(=O)(=O)CC3)cc2)CC1. The fourth-order valence-electron chi connectivity index (χ4n) is 5.85. The first kappa shape index (κ1) is 26.4. The van der Waals surface area contributed by atoms with Crippen LogP contribution in [-0.2, 0) is 14.6 Å². The van der Waals surface area contributed by atoms with E-state index in [1.54, 1.807) is 10.9 Å². The maximum atomic E-state index is 14.0. The molecular formula is C29H31FN6O3S. The number of aromatic nitrogens is 3. The van der Waals surface area contributed by atoms with Crippen molar-refractivity contribution in [2.75, 3.05) is 29.5 Å². The number of benzene rings is 1. The minimum absolute atomic E-state index is 0.105. The van der Waals surface area contributed by atoms with Crippen LogP contribution >= 0.6 is 0 Å². The molecule has 2 atom stereocenters. The maximum Gasteiger partial charge on any atom is 0.225 e. The van der Waals surface area contributed by atoms with Gasteiger partial charge in [0.1, 0.15) is 11.4 Å². The molecule has 40 heavy (non-hydrogen) atoms. The molecule has 0 radical (unpaired) electrons. The molecule has 2 aliphatic carbocycles. The molecule has 2 unspecified atom stereocenters. The van der Waals surface area contributed by atoms with Gasteiger partial charge in [-0.3, -0.25) is 9.78 Å². The molecule has 3 fully saturated rings. The lowest BCUT2D eigenvalue weighted by Gasteiger charge is -2.31. The zero-order valence-electron chi connectivity index (χ0n) is 22.1. The van der Waals surface area contributed by atoms with E-state index >= 15 is 0 Å². The first-order chi connectivity index (χ1) is 19.3. The van der Waals surface area contributed by atoms with Crippen LogP contribution in [0.25, 0.3) is 16.8 Å². The molecular weight excluding hydrogens is 531 g/mol. The highest BCUT2D eigenvalue weighted by Gasteiger charge is 2.47. The van der Waals surface area contributed by atoms with Crippen LogP contribution in [0, 0.1) is 23.1 Å². The number of anilines is 1. The summed E-state index contributed by atoms with van der Waals surface area (Å²) in [5.41, 5.74) is 3.21. The predicted octanol–water partition coefficient (Wildman–Crippen LogP) is 3.75. The van der Waals surface area contributed by atoms with Crippen molar-refractivity contribution in [1.29, 1.82) is 5.26 Å². The molecule has 9 nitrogen and oxygen atoms in total. The summed E-state index contributed by atoms with van der Waals surface area (Å²) in [6.07, 6.45) is 9.28. The fraction of sp³-hybridized carbons (Fsp3) is 0.448. The molecule has 3 aliphatic rings. The van der Waals surface area contributed by atoms with Gasteiger partial charge in [-0.25, -0.2) is 17.5 Å². The van der Waals surface area contributed by atoms with Crippen molar-refractivity contribution in [1.82, 2.24) is 20.1 Å². The highest BCUT2D eigenvalue weighted by molar-refractivity contribution is 7.91. The molecule has 6 rings (SSSR count). The average molecular weight is 563 g/mol. The van der Waals surface area contributed by atoms with E-state index in [0.29, 0.717) is 38.0 Å². The molecule has 0 spiro atoms. The van der Waals surface area contributed by atoms with Crippen molar-refractivity contribution >= 4 is 21.4 Å². The van der Waals surface area contributed by atoms with Crippen molar-refractivity contribution in [3.8, 4) is 22.9 Å². The third-order valence-corrected chi connectivity index (χ3v) is 9.98. The van der Waals surface area contributed by atoms with Gasteiger partial charge in [0.05, 0.1) is 41.3 Å². The van der Waals surface area contributed by atoms with E-state index < -0.39 is 21.2 Å². The van der Waals surface area contributed by atoms with E-state index in [2.05, 4.69) is 21.3 Å². The second kappa shape index (κ2) is 10.3. The Labute approximate surface area is 232 Å². The molecule has 2 saturated carbocycles. The highest BCUT2D eigenvalue weighted by Crippen LogP contribution is 2.43. The summed E-state index contributed by atoms with van der Waals surface area (Å²) >= 11 is 0. The molecule has 208 valence electrons. The van der Waals surface area contributed by atoms with Crippen molar-refractivity contribution < 1.29 is 17.6 Å². The zero-order valence-corrected chi connectivity index (χ0v) is 22.9. The van der Waals surface area contributed by atoms with Crippen molar-refractivity contribution in [2.45, 2.75) is 50.0 Å². The number of hydrogen-bond donors (Lipinski definition) is 1. The summed E-state index contributed by atoms with van der Waals surface area (Å²) < 4.78 is 39.4. The Hall–Kier alpha value is -3.78. The molecule has 2 aromatic heterocycles. The molecule has 1 saturated heterocycles. The number of amides is 1. The first-order valence-electron chi connectivity index (χ1n) is 13.8. The van der Waals surface area contributed by atoms with Gasteiger partial charge in [0, 0.05) is 48.4 Å². The fourth-order valence-corrected chi connectivity index (χ4v) is 7.06. The van der Waals surface area contributed by atoms with Gasteiger partial charge in [-0.05, 0) is 43.4 Å². The van der Waals surface area contributed by atoms with E-state index in [1.807, 2.05) is 30.5 Å². The lowest BCUT2D eigenvalue weighted by atomic mass is 9.75. The van der Waals surface area contributed by atoms with Crippen molar-refractivity contribution in [2.24, 2.45) is 5.92 Å². The van der Waals surface area contributed by atoms with Gasteiger partial charge in [0.2, 0.25) is 5.91 Å². The molecule has 3 heterocycles. The Bertz CT molecular complexity index is 1560. The standard InChI is InChI=1S/C29H31FN6O3S/c30-21-15-23(17-32-16-21)36-18-26(20-5-7-22(8-6-20)35-11-13-40(38,39)14-12-35)27(34-36)24-3-1-2-4-25(24)28(37)33-29(19-31)9-10-29/h5-8,15-18,24-25H,1-4,9-14H2,(H,33,37). The van der Waals surface area contributed by atoms with Gasteiger partial charge in [-0.15, -0.1) is 0 Å². The maximum absolute atomic E-state index is 14.0. The Morgan fingerprint density at radius 3 is 2.48 bits per heavy atom. The molecule has 1 aliphatic heterocycles. The van der Waals surface area contributed by atoms with Crippen LogP contribution in [-0.4, -0.2) is 59.2 Å².